The Morgan fingerprint density at radius 1 is 0.571 bits per heavy atom. The minimum absolute atomic E-state index is 0. The van der Waals surface area contributed by atoms with E-state index in [1.54, 1.807) is 0 Å². The number of hydrogen-bond acceptors (Lipinski definition) is 0. The van der Waals surface area contributed by atoms with Crippen molar-refractivity contribution in [2.24, 2.45) is 0 Å². The molecule has 5 heteroatoms. The summed E-state index contributed by atoms with van der Waals surface area (Å²) in [5.74, 6) is 0. The van der Waals surface area contributed by atoms with E-state index in [4.69, 9.17) is 0 Å². The monoisotopic (exact) mass is 232 g/mol. The van der Waals surface area contributed by atoms with Crippen LogP contribution in [0.3, 0.4) is 0 Å². The van der Waals surface area contributed by atoms with Crippen LogP contribution >= 0.6 is 19.8 Å². The van der Waals surface area contributed by atoms with Gasteiger partial charge in [0.05, 0.1) is 0 Å². The van der Waals surface area contributed by atoms with Crippen LogP contribution in [0.4, 0.5) is 0 Å². The normalized spacial score (nSPS) is 0. The number of rotatable bonds is 0. The molecule has 0 saturated heterocycles. The zero-order valence-corrected chi connectivity index (χ0v) is 9.49. The molecule has 0 bridgehead atoms. The van der Waals surface area contributed by atoms with E-state index in [1.807, 2.05) is 0 Å². The first-order chi connectivity index (χ1) is 0. The third kappa shape index (κ3) is 110. The summed E-state index contributed by atoms with van der Waals surface area (Å²) in [4.78, 5) is 0. The summed E-state index contributed by atoms with van der Waals surface area (Å²) in [6.45, 7) is 0. The molecule has 0 aliphatic carbocycles. The Morgan fingerprint density at radius 3 is 0.571 bits per heavy atom. The molecule has 2 unspecified atom stereocenters. The Labute approximate surface area is 66.8 Å². The van der Waals surface area contributed by atoms with Crippen LogP contribution in [0.15, 0.2) is 0 Å². The molecule has 52 valence electrons. The Hall–Kier alpha value is 1.40. The van der Waals surface area contributed by atoms with Crippen molar-refractivity contribution in [3.05, 3.63) is 27.2 Å². The molecule has 0 heterocycles. The zero-order chi connectivity index (χ0) is 0. The van der Waals surface area contributed by atoms with Crippen molar-refractivity contribution in [3.8, 4) is 0 Å². The fourth-order valence-corrected chi connectivity index (χ4v) is 0. The van der Waals surface area contributed by atoms with Crippen LogP contribution in [0.2, 0.25) is 0 Å². The van der Waals surface area contributed by atoms with Crippen molar-refractivity contribution in [2.75, 3.05) is 0 Å². The fourth-order valence-electron chi connectivity index (χ4n) is 0. The molecule has 0 aromatic heterocycles. The summed E-state index contributed by atoms with van der Waals surface area (Å²) >= 11 is 0. The van der Waals surface area contributed by atoms with Crippen molar-refractivity contribution < 1.29 is 19.5 Å². The summed E-state index contributed by atoms with van der Waals surface area (Å²) in [6.07, 6.45) is 0. The second-order valence-electron chi connectivity index (χ2n) is 0. The van der Waals surface area contributed by atoms with Crippen molar-refractivity contribution in [1.82, 2.24) is 0 Å². The standard InChI is InChI=1S/2CH3.2H2N.2H3P.Ru/h2*1H3;2*1H2;2*1H3;/q4*-1;;;+4. The third-order valence-corrected chi connectivity index (χ3v) is 0. The Kier molecular flexibility index (Phi) is 5150. The minimum Gasteiger partial charge on any atom is -0.693 e. The Balaban J connectivity index is 0. The van der Waals surface area contributed by atoms with Gasteiger partial charge < -0.3 is 27.2 Å². The molecule has 0 saturated carbocycles. The van der Waals surface area contributed by atoms with E-state index < -0.39 is 0 Å². The fraction of sp³-hybridized carbons (Fsp3) is 0. The smallest absolute Gasteiger partial charge is 0.693 e. The summed E-state index contributed by atoms with van der Waals surface area (Å²) < 4.78 is 0. The van der Waals surface area contributed by atoms with Crippen LogP contribution in [0.5, 0.6) is 0 Å². The Morgan fingerprint density at radius 2 is 0.571 bits per heavy atom. The largest absolute Gasteiger partial charge is 4.00 e. The van der Waals surface area contributed by atoms with Gasteiger partial charge in [0.25, 0.3) is 0 Å². The number of hydrogen-bond donors (Lipinski definition) is 0. The van der Waals surface area contributed by atoms with Crippen LogP contribution < -0.4 is 0 Å². The third-order valence-electron chi connectivity index (χ3n) is 0. The van der Waals surface area contributed by atoms with E-state index in [9.17, 15) is 0 Å². The van der Waals surface area contributed by atoms with E-state index in [2.05, 4.69) is 0 Å². The van der Waals surface area contributed by atoms with E-state index >= 15 is 0 Å². The molecule has 0 aliphatic rings. The first-order valence-electron chi connectivity index (χ1n) is 0. The van der Waals surface area contributed by atoms with Crippen molar-refractivity contribution in [1.29, 1.82) is 0 Å². The molecule has 0 fully saturated rings. The first-order valence-corrected chi connectivity index (χ1v) is 0. The van der Waals surface area contributed by atoms with Gasteiger partial charge in [-0.15, -0.1) is 0 Å². The molecular weight excluding hydrogens is 215 g/mol. The van der Waals surface area contributed by atoms with E-state index in [0.29, 0.717) is 0 Å². The van der Waals surface area contributed by atoms with Crippen LogP contribution in [0.25, 0.3) is 12.3 Å². The van der Waals surface area contributed by atoms with E-state index in [1.165, 1.54) is 0 Å². The quantitative estimate of drug-likeness (QED) is 0.349. The minimum atomic E-state index is 0. The van der Waals surface area contributed by atoms with E-state index in [0.717, 1.165) is 0 Å². The topological polar surface area (TPSA) is 67.0 Å². The maximum Gasteiger partial charge on any atom is 4.00 e. The molecule has 0 aromatic rings. The molecule has 0 radical (unpaired) electrons. The molecule has 7 heavy (non-hydrogen) atoms. The van der Waals surface area contributed by atoms with Gasteiger partial charge in [-0.2, -0.15) is 19.8 Å². The zero-order valence-electron chi connectivity index (χ0n) is 4.92. The Bertz CT molecular complexity index is 13.7. The van der Waals surface area contributed by atoms with Gasteiger partial charge in [0.2, 0.25) is 0 Å². The van der Waals surface area contributed by atoms with Gasteiger partial charge in [0, 0.05) is 0 Å². The molecule has 0 spiro atoms. The van der Waals surface area contributed by atoms with Crippen LogP contribution in [0, 0.1) is 14.9 Å². The molecule has 0 aliphatic heterocycles. The molecule has 4 N–H and O–H groups in total. The van der Waals surface area contributed by atoms with Crippen LogP contribution in [-0.2, 0) is 19.5 Å². The average Bonchev–Trinajstić information content (AvgIpc) is 0. The van der Waals surface area contributed by atoms with Crippen molar-refractivity contribution >= 4 is 19.8 Å². The predicted octanol–water partition coefficient (Wildman–Crippen LogP) is 2.45. The van der Waals surface area contributed by atoms with Gasteiger partial charge in [0.15, 0.2) is 0 Å². The van der Waals surface area contributed by atoms with Crippen LogP contribution in [-0.4, -0.2) is 0 Å². The van der Waals surface area contributed by atoms with Gasteiger partial charge in [-0.05, 0) is 0 Å². The molecule has 0 amide bonds. The summed E-state index contributed by atoms with van der Waals surface area (Å²) in [7, 11) is 0. The van der Waals surface area contributed by atoms with Crippen molar-refractivity contribution in [3.63, 3.8) is 0 Å². The van der Waals surface area contributed by atoms with Crippen LogP contribution in [0.1, 0.15) is 0 Å². The predicted molar refractivity (Wildman–Crippen MR) is 45.6 cm³/mol. The first kappa shape index (κ1) is 234. The molecular formula is C2H16N2P2Ru. The van der Waals surface area contributed by atoms with E-state index in [-0.39, 0.29) is 66.4 Å². The maximum absolute atomic E-state index is 0. The van der Waals surface area contributed by atoms with Crippen molar-refractivity contribution in [2.45, 2.75) is 0 Å². The second kappa shape index (κ2) is 154. The summed E-state index contributed by atoms with van der Waals surface area (Å²) in [5, 5.41) is 0. The SMILES string of the molecule is P.P.[CH3-].[CH3-].[NH2-].[NH2-].[Ru+4]. The van der Waals surface area contributed by atoms with Gasteiger partial charge in [-0.1, -0.05) is 0 Å². The van der Waals surface area contributed by atoms with Gasteiger partial charge in [-0.25, -0.2) is 0 Å². The van der Waals surface area contributed by atoms with Gasteiger partial charge in [0.1, 0.15) is 0 Å². The summed E-state index contributed by atoms with van der Waals surface area (Å²) in [6, 6.07) is 0. The summed E-state index contributed by atoms with van der Waals surface area (Å²) in [5.41, 5.74) is 0. The molecule has 0 rings (SSSR count). The number of nitrogens with two attached hydrogens (primary N) is 2. The second-order valence-corrected chi connectivity index (χ2v) is 0. The van der Waals surface area contributed by atoms with Gasteiger partial charge >= 0.3 is 19.5 Å². The molecule has 2 atom stereocenters. The average molecular weight is 231 g/mol. The molecule has 2 nitrogen and oxygen atoms in total. The molecule has 0 aromatic carbocycles. The maximum atomic E-state index is 0. The van der Waals surface area contributed by atoms with Gasteiger partial charge in [-0.3, -0.25) is 0 Å².